The molecule has 110 valence electrons. The molecular weight excluding hydrogens is 268 g/mol. The van der Waals surface area contributed by atoms with Gasteiger partial charge in [-0.25, -0.2) is 4.79 Å². The number of aliphatic carboxylic acids is 1. The van der Waals surface area contributed by atoms with Gasteiger partial charge < -0.3 is 14.7 Å². The summed E-state index contributed by atoms with van der Waals surface area (Å²) in [5.41, 5.74) is 8.24. The summed E-state index contributed by atoms with van der Waals surface area (Å²) >= 11 is 0. The average molecular weight is 284 g/mol. The smallest absolute Gasteiger partial charge is 0.326 e. The van der Waals surface area contributed by atoms with Gasteiger partial charge >= 0.3 is 11.9 Å². The van der Waals surface area contributed by atoms with E-state index in [2.05, 4.69) is 14.8 Å². The van der Waals surface area contributed by atoms with Crippen molar-refractivity contribution in [2.24, 2.45) is 11.0 Å². The number of rotatable bonds is 7. The highest BCUT2D eigenvalue weighted by atomic mass is 16.5. The van der Waals surface area contributed by atoms with Crippen LogP contribution >= 0.6 is 0 Å². The topological polar surface area (TPSA) is 133 Å². The summed E-state index contributed by atoms with van der Waals surface area (Å²) < 4.78 is 4.45. The van der Waals surface area contributed by atoms with E-state index < -0.39 is 18.0 Å². The Morgan fingerprint density at radius 3 is 2.90 bits per heavy atom. The summed E-state index contributed by atoms with van der Waals surface area (Å²) in [5, 5.41) is 12.6. The van der Waals surface area contributed by atoms with Crippen molar-refractivity contribution < 1.29 is 24.2 Å². The maximum absolute atomic E-state index is 11.8. The highest BCUT2D eigenvalue weighted by Gasteiger charge is 2.37. The van der Waals surface area contributed by atoms with E-state index in [1.165, 1.54) is 12.0 Å². The molecule has 0 spiro atoms. The van der Waals surface area contributed by atoms with Crippen LogP contribution in [0.1, 0.15) is 19.3 Å². The first-order valence-electron chi connectivity index (χ1n) is 6.09. The van der Waals surface area contributed by atoms with Crippen LogP contribution in [0.3, 0.4) is 0 Å². The third kappa shape index (κ3) is 4.13. The molecule has 1 rings (SSSR count). The summed E-state index contributed by atoms with van der Waals surface area (Å²) in [7, 11) is 1.22. The van der Waals surface area contributed by atoms with Crippen LogP contribution in [0.5, 0.6) is 0 Å². The molecule has 0 radical (unpaired) electrons. The van der Waals surface area contributed by atoms with E-state index in [0.29, 0.717) is 0 Å². The first kappa shape index (κ1) is 15.8. The van der Waals surface area contributed by atoms with Crippen molar-refractivity contribution in [1.29, 1.82) is 0 Å². The largest absolute Gasteiger partial charge is 0.480 e. The van der Waals surface area contributed by atoms with Crippen molar-refractivity contribution in [2.45, 2.75) is 25.3 Å². The molecular formula is C11H16N4O5. The molecule has 0 aliphatic carbocycles. The number of carboxylic acid groups (broad SMARTS) is 1. The normalized spacial score (nSPS) is 19.4. The first-order chi connectivity index (χ1) is 9.49. The average Bonchev–Trinajstić information content (AvgIpc) is 2.77. The molecule has 20 heavy (non-hydrogen) atoms. The van der Waals surface area contributed by atoms with Crippen molar-refractivity contribution in [3.8, 4) is 0 Å². The molecule has 1 fully saturated rings. The van der Waals surface area contributed by atoms with Crippen LogP contribution in [0.15, 0.2) is 5.11 Å². The summed E-state index contributed by atoms with van der Waals surface area (Å²) in [6, 6.07) is -1.06. The SMILES string of the molecule is COC(=O)CC[C@@H](C(=O)O)N1CC(CN=[N+]=[N-])CC1=O. The fourth-order valence-corrected chi connectivity index (χ4v) is 2.15. The maximum Gasteiger partial charge on any atom is 0.326 e. The molecule has 1 heterocycles. The monoisotopic (exact) mass is 284 g/mol. The minimum Gasteiger partial charge on any atom is -0.480 e. The van der Waals surface area contributed by atoms with E-state index in [0.717, 1.165) is 0 Å². The zero-order valence-corrected chi connectivity index (χ0v) is 11.1. The molecule has 1 N–H and O–H groups in total. The third-order valence-electron chi connectivity index (χ3n) is 3.15. The standard InChI is InChI=1S/C11H16N4O5/c1-20-10(17)3-2-8(11(18)19)15-6-7(4-9(15)16)5-13-14-12/h7-8H,2-6H2,1H3,(H,18,19)/t7?,8-/m0/s1. The second kappa shape index (κ2) is 7.34. The summed E-state index contributed by atoms with van der Waals surface area (Å²) in [4.78, 5) is 38.0. The predicted octanol–water partition coefficient (Wildman–Crippen LogP) is 0.552. The first-order valence-corrected chi connectivity index (χ1v) is 6.09. The molecule has 1 amide bonds. The van der Waals surface area contributed by atoms with Gasteiger partial charge in [0.2, 0.25) is 5.91 Å². The molecule has 1 saturated heterocycles. The van der Waals surface area contributed by atoms with Crippen LogP contribution in [0.4, 0.5) is 0 Å². The highest BCUT2D eigenvalue weighted by molar-refractivity contribution is 5.85. The number of ether oxygens (including phenoxy) is 1. The van der Waals surface area contributed by atoms with Gasteiger partial charge in [0.05, 0.1) is 7.11 Å². The second-order valence-electron chi connectivity index (χ2n) is 4.50. The van der Waals surface area contributed by atoms with Gasteiger partial charge in [0, 0.05) is 30.8 Å². The van der Waals surface area contributed by atoms with E-state index in [9.17, 15) is 19.5 Å². The number of carbonyl (C=O) groups is 3. The molecule has 1 unspecified atom stereocenters. The van der Waals surface area contributed by atoms with Crippen molar-refractivity contribution >= 4 is 17.8 Å². The van der Waals surface area contributed by atoms with Gasteiger partial charge in [-0.1, -0.05) is 5.11 Å². The molecule has 0 aromatic carbocycles. The second-order valence-corrected chi connectivity index (χ2v) is 4.50. The van der Waals surface area contributed by atoms with Crippen LogP contribution in [-0.2, 0) is 19.1 Å². The lowest BCUT2D eigenvalue weighted by molar-refractivity contribution is -0.149. The lowest BCUT2D eigenvalue weighted by Gasteiger charge is -2.24. The zero-order valence-electron chi connectivity index (χ0n) is 11.1. The Bertz CT molecular complexity index is 446. The number of amides is 1. The maximum atomic E-state index is 11.8. The zero-order chi connectivity index (χ0) is 15.1. The molecule has 2 atom stereocenters. The quantitative estimate of drug-likeness (QED) is 0.315. The fraction of sp³-hybridized carbons (Fsp3) is 0.727. The van der Waals surface area contributed by atoms with Gasteiger partial charge in [0.1, 0.15) is 6.04 Å². The number of esters is 1. The van der Waals surface area contributed by atoms with Gasteiger partial charge in [-0.15, -0.1) is 0 Å². The fourth-order valence-electron chi connectivity index (χ4n) is 2.15. The number of carboxylic acids is 1. The number of hydrogen-bond acceptors (Lipinski definition) is 5. The lowest BCUT2D eigenvalue weighted by atomic mass is 10.1. The Hall–Kier alpha value is -2.28. The predicted molar refractivity (Wildman–Crippen MR) is 66.5 cm³/mol. The van der Waals surface area contributed by atoms with E-state index in [-0.39, 0.29) is 44.2 Å². The Kier molecular flexibility index (Phi) is 5.79. The van der Waals surface area contributed by atoms with Gasteiger partial charge in [0.25, 0.3) is 0 Å². The molecule has 9 nitrogen and oxygen atoms in total. The number of hydrogen-bond donors (Lipinski definition) is 1. The number of likely N-dealkylation sites (tertiary alicyclic amines) is 1. The van der Waals surface area contributed by atoms with E-state index >= 15 is 0 Å². The van der Waals surface area contributed by atoms with Crippen molar-refractivity contribution in [3.63, 3.8) is 0 Å². The van der Waals surface area contributed by atoms with Gasteiger partial charge in [-0.05, 0) is 17.9 Å². The Morgan fingerprint density at radius 2 is 2.35 bits per heavy atom. The Labute approximate surface area is 115 Å². The minimum atomic E-state index is -1.16. The van der Waals surface area contributed by atoms with Gasteiger partial charge in [0.15, 0.2) is 0 Å². The van der Waals surface area contributed by atoms with Crippen LogP contribution in [0, 0.1) is 5.92 Å². The van der Waals surface area contributed by atoms with Crippen molar-refractivity contribution in [1.82, 2.24) is 4.90 Å². The van der Waals surface area contributed by atoms with Gasteiger partial charge in [-0.3, -0.25) is 9.59 Å². The van der Waals surface area contributed by atoms with Crippen LogP contribution in [-0.4, -0.2) is 54.1 Å². The summed E-state index contributed by atoms with van der Waals surface area (Å²) in [6.07, 6.45) is 0.0846. The summed E-state index contributed by atoms with van der Waals surface area (Å²) in [6.45, 7) is 0.373. The van der Waals surface area contributed by atoms with Crippen molar-refractivity contribution in [2.75, 3.05) is 20.2 Å². The number of methoxy groups -OCH3 is 1. The van der Waals surface area contributed by atoms with E-state index in [1.807, 2.05) is 0 Å². The molecule has 1 aliphatic heterocycles. The van der Waals surface area contributed by atoms with Crippen LogP contribution in [0.2, 0.25) is 0 Å². The number of azide groups is 1. The van der Waals surface area contributed by atoms with Crippen LogP contribution < -0.4 is 0 Å². The number of carbonyl (C=O) groups excluding carboxylic acids is 2. The molecule has 1 aliphatic rings. The molecule has 9 heteroatoms. The van der Waals surface area contributed by atoms with Gasteiger partial charge in [-0.2, -0.15) is 0 Å². The molecule has 0 saturated carbocycles. The Balaban J connectivity index is 2.67. The lowest BCUT2D eigenvalue weighted by Crippen LogP contribution is -2.42. The molecule has 0 bridgehead atoms. The highest BCUT2D eigenvalue weighted by Crippen LogP contribution is 2.23. The molecule has 0 aromatic heterocycles. The van der Waals surface area contributed by atoms with Crippen LogP contribution in [0.25, 0.3) is 10.4 Å². The minimum absolute atomic E-state index is 0.00197. The summed E-state index contributed by atoms with van der Waals surface area (Å²) in [5.74, 6) is -2.17. The van der Waals surface area contributed by atoms with E-state index in [1.54, 1.807) is 0 Å². The van der Waals surface area contributed by atoms with E-state index in [4.69, 9.17) is 5.53 Å². The van der Waals surface area contributed by atoms with Crippen molar-refractivity contribution in [3.05, 3.63) is 10.4 Å². The Morgan fingerprint density at radius 1 is 1.65 bits per heavy atom. The third-order valence-corrected chi connectivity index (χ3v) is 3.15. The molecule has 0 aromatic rings. The number of nitrogens with zero attached hydrogens (tertiary/aromatic N) is 4.